The molecule has 0 unspecified atom stereocenters. The molecule has 33 heavy (non-hydrogen) atoms. The van der Waals surface area contributed by atoms with Crippen LogP contribution in [0.2, 0.25) is 0 Å². The van der Waals surface area contributed by atoms with E-state index in [4.69, 9.17) is 4.74 Å². The Morgan fingerprint density at radius 2 is 1.73 bits per heavy atom. The predicted octanol–water partition coefficient (Wildman–Crippen LogP) is 2.53. The van der Waals surface area contributed by atoms with Crippen LogP contribution >= 0.6 is 0 Å². The summed E-state index contributed by atoms with van der Waals surface area (Å²) < 4.78 is 33.6. The van der Waals surface area contributed by atoms with Crippen molar-refractivity contribution in [2.45, 2.75) is 11.4 Å². The lowest BCUT2D eigenvalue weighted by atomic mass is 10.2. The summed E-state index contributed by atoms with van der Waals surface area (Å²) in [5.74, 6) is 0.684. The summed E-state index contributed by atoms with van der Waals surface area (Å²) >= 11 is 0. The first-order chi connectivity index (χ1) is 16.0. The Morgan fingerprint density at radius 3 is 2.39 bits per heavy atom. The van der Waals surface area contributed by atoms with Gasteiger partial charge in [-0.05, 0) is 35.9 Å². The van der Waals surface area contributed by atoms with E-state index in [0.717, 1.165) is 11.4 Å². The number of carbonyl (C=O) groups excluding carboxylic acids is 1. The Bertz CT molecular complexity index is 1200. The van der Waals surface area contributed by atoms with Gasteiger partial charge in [0.05, 0.1) is 7.11 Å². The molecule has 1 aromatic heterocycles. The second kappa shape index (κ2) is 10.0. The number of pyridine rings is 1. The number of rotatable bonds is 7. The van der Waals surface area contributed by atoms with Crippen molar-refractivity contribution in [1.82, 2.24) is 14.6 Å². The highest BCUT2D eigenvalue weighted by atomic mass is 32.2. The molecule has 1 N–H and O–H groups in total. The summed E-state index contributed by atoms with van der Waals surface area (Å²) in [6, 6.07) is 19.7. The van der Waals surface area contributed by atoms with Crippen molar-refractivity contribution in [1.29, 1.82) is 0 Å². The normalized spacial score (nSPS) is 14.6. The van der Waals surface area contributed by atoms with Crippen molar-refractivity contribution >= 4 is 21.7 Å². The van der Waals surface area contributed by atoms with E-state index in [9.17, 15) is 13.2 Å². The zero-order valence-corrected chi connectivity index (χ0v) is 19.2. The Morgan fingerprint density at radius 1 is 1.00 bits per heavy atom. The molecule has 0 saturated carbocycles. The molecule has 1 fully saturated rings. The van der Waals surface area contributed by atoms with Crippen molar-refractivity contribution in [3.05, 3.63) is 84.1 Å². The smallest absolute Gasteiger partial charge is 0.251 e. The fraction of sp³-hybridized carbons (Fsp3) is 0.250. The van der Waals surface area contributed by atoms with Gasteiger partial charge in [0.15, 0.2) is 0 Å². The number of ether oxygens (including phenoxy) is 1. The number of benzene rings is 2. The third kappa shape index (κ3) is 5.15. The quantitative estimate of drug-likeness (QED) is 0.575. The molecule has 2 heterocycles. The maximum Gasteiger partial charge on any atom is 0.251 e. The number of carbonyl (C=O) groups is 1. The number of amides is 1. The van der Waals surface area contributed by atoms with Gasteiger partial charge in [-0.1, -0.05) is 36.4 Å². The summed E-state index contributed by atoms with van der Waals surface area (Å²) in [5.41, 5.74) is 1.22. The van der Waals surface area contributed by atoms with Crippen molar-refractivity contribution in [3.63, 3.8) is 0 Å². The fourth-order valence-corrected chi connectivity index (χ4v) is 5.34. The van der Waals surface area contributed by atoms with Crippen molar-refractivity contribution in [3.8, 4) is 5.75 Å². The molecule has 0 atom stereocenters. The summed E-state index contributed by atoms with van der Waals surface area (Å²) in [6.07, 6.45) is 1.72. The topological polar surface area (TPSA) is 91.8 Å². The first-order valence-electron chi connectivity index (χ1n) is 10.7. The number of methoxy groups -OCH3 is 1. The Balaban J connectivity index is 1.50. The molecule has 172 valence electrons. The molecule has 0 aliphatic carbocycles. The van der Waals surface area contributed by atoms with E-state index in [0.29, 0.717) is 32.7 Å². The second-order valence-electron chi connectivity index (χ2n) is 7.61. The van der Waals surface area contributed by atoms with E-state index in [2.05, 4.69) is 15.2 Å². The molecular weight excluding hydrogens is 440 g/mol. The largest absolute Gasteiger partial charge is 0.495 e. The van der Waals surface area contributed by atoms with Gasteiger partial charge in [0.1, 0.15) is 16.5 Å². The first kappa shape index (κ1) is 22.8. The standard InChI is InChI=1S/C24H26N4O4S/c1-32-21-11-10-20(24(29)26-18-19-7-3-2-4-8-19)17-22(21)33(30,31)28-15-13-27(14-16-28)23-9-5-6-12-25-23/h2-12,17H,13-16,18H2,1H3,(H,26,29). The Labute approximate surface area is 193 Å². The van der Waals surface area contributed by atoms with Crippen molar-refractivity contribution in [2.24, 2.45) is 0 Å². The van der Waals surface area contributed by atoms with Gasteiger partial charge in [0.2, 0.25) is 10.0 Å². The number of sulfonamides is 1. The minimum atomic E-state index is -3.85. The molecule has 8 nitrogen and oxygen atoms in total. The molecule has 3 aromatic rings. The molecule has 1 saturated heterocycles. The summed E-state index contributed by atoms with van der Waals surface area (Å²) in [4.78, 5) is 19.1. The van der Waals surface area contributed by atoms with Gasteiger partial charge in [0, 0.05) is 44.5 Å². The maximum atomic E-state index is 13.4. The number of hydrogen-bond acceptors (Lipinski definition) is 6. The summed E-state index contributed by atoms with van der Waals surface area (Å²) in [6.45, 7) is 2.02. The Hall–Kier alpha value is -3.43. The number of nitrogens with one attached hydrogen (secondary N) is 1. The van der Waals surface area contributed by atoms with Crippen LogP contribution in [0.25, 0.3) is 0 Å². The van der Waals surface area contributed by atoms with Crippen LogP contribution in [-0.4, -0.2) is 56.9 Å². The van der Waals surface area contributed by atoms with Crippen LogP contribution in [0.15, 0.2) is 77.8 Å². The van der Waals surface area contributed by atoms with Crippen molar-refractivity contribution in [2.75, 3.05) is 38.2 Å². The molecule has 9 heteroatoms. The van der Waals surface area contributed by atoms with Gasteiger partial charge >= 0.3 is 0 Å². The zero-order valence-electron chi connectivity index (χ0n) is 18.3. The monoisotopic (exact) mass is 466 g/mol. The molecule has 0 spiro atoms. The highest BCUT2D eigenvalue weighted by molar-refractivity contribution is 7.89. The molecule has 1 amide bonds. The van der Waals surface area contributed by atoms with Gasteiger partial charge in [-0.3, -0.25) is 4.79 Å². The van der Waals surface area contributed by atoms with E-state index < -0.39 is 10.0 Å². The minimum Gasteiger partial charge on any atom is -0.495 e. The SMILES string of the molecule is COc1ccc(C(=O)NCc2ccccc2)cc1S(=O)(=O)N1CCN(c2ccccn2)CC1. The fourth-order valence-electron chi connectivity index (χ4n) is 3.74. The average Bonchev–Trinajstić information content (AvgIpc) is 2.88. The van der Waals surface area contributed by atoms with Crippen LogP contribution in [-0.2, 0) is 16.6 Å². The number of hydrogen-bond donors (Lipinski definition) is 1. The van der Waals surface area contributed by atoms with Crippen LogP contribution in [0.4, 0.5) is 5.82 Å². The van der Waals surface area contributed by atoms with E-state index in [1.165, 1.54) is 23.5 Å². The summed E-state index contributed by atoms with van der Waals surface area (Å²) in [7, 11) is -2.43. The van der Waals surface area contributed by atoms with Crippen LogP contribution in [0.1, 0.15) is 15.9 Å². The number of nitrogens with zero attached hydrogens (tertiary/aromatic N) is 3. The van der Waals surface area contributed by atoms with Gasteiger partial charge in [-0.2, -0.15) is 4.31 Å². The number of aromatic nitrogens is 1. The number of piperazine rings is 1. The molecule has 2 aromatic carbocycles. The van der Waals surface area contributed by atoms with Crippen LogP contribution in [0.5, 0.6) is 5.75 Å². The van der Waals surface area contributed by atoms with Crippen LogP contribution in [0, 0.1) is 0 Å². The minimum absolute atomic E-state index is 0.0105. The van der Waals surface area contributed by atoms with E-state index in [1.807, 2.05) is 48.5 Å². The van der Waals surface area contributed by atoms with Crippen LogP contribution < -0.4 is 15.0 Å². The van der Waals surface area contributed by atoms with E-state index in [1.54, 1.807) is 12.3 Å². The first-order valence-corrected chi connectivity index (χ1v) is 12.1. The van der Waals surface area contributed by atoms with Gasteiger partial charge in [-0.25, -0.2) is 13.4 Å². The molecule has 0 bridgehead atoms. The lowest BCUT2D eigenvalue weighted by molar-refractivity contribution is 0.0950. The third-order valence-corrected chi connectivity index (χ3v) is 7.47. The highest BCUT2D eigenvalue weighted by Crippen LogP contribution is 2.29. The lowest BCUT2D eigenvalue weighted by Gasteiger charge is -2.34. The van der Waals surface area contributed by atoms with E-state index >= 15 is 0 Å². The van der Waals surface area contributed by atoms with Crippen molar-refractivity contribution < 1.29 is 17.9 Å². The molecule has 0 radical (unpaired) electrons. The lowest BCUT2D eigenvalue weighted by Crippen LogP contribution is -2.49. The van der Waals surface area contributed by atoms with E-state index in [-0.39, 0.29) is 22.1 Å². The van der Waals surface area contributed by atoms with Gasteiger partial charge in [0.25, 0.3) is 5.91 Å². The summed E-state index contributed by atoms with van der Waals surface area (Å²) in [5, 5.41) is 2.83. The molecule has 1 aliphatic heterocycles. The maximum absolute atomic E-state index is 13.4. The number of anilines is 1. The Kier molecular flexibility index (Phi) is 6.90. The molecular formula is C24H26N4O4S. The molecule has 4 rings (SSSR count). The third-order valence-electron chi connectivity index (χ3n) is 5.55. The van der Waals surface area contributed by atoms with Gasteiger partial charge < -0.3 is 15.0 Å². The van der Waals surface area contributed by atoms with Crippen LogP contribution in [0.3, 0.4) is 0 Å². The predicted molar refractivity (Wildman–Crippen MR) is 126 cm³/mol. The second-order valence-corrected chi connectivity index (χ2v) is 9.52. The zero-order chi connectivity index (χ0) is 23.3. The highest BCUT2D eigenvalue weighted by Gasteiger charge is 2.32. The average molecular weight is 467 g/mol. The molecule has 1 aliphatic rings. The van der Waals surface area contributed by atoms with Gasteiger partial charge in [-0.15, -0.1) is 0 Å².